The largest absolute Gasteiger partial charge is 0.469 e. The summed E-state index contributed by atoms with van der Waals surface area (Å²) in [6, 6.07) is 15.8. The average Bonchev–Trinajstić information content (AvgIpc) is 2.70. The van der Waals surface area contributed by atoms with Gasteiger partial charge in [-0.1, -0.05) is 61.9 Å². The van der Waals surface area contributed by atoms with Gasteiger partial charge in [0.25, 0.3) is 0 Å². The van der Waals surface area contributed by atoms with E-state index in [1.54, 1.807) is 0 Å². The van der Waals surface area contributed by atoms with Crippen LogP contribution in [0.4, 0.5) is 0 Å². The van der Waals surface area contributed by atoms with Crippen molar-refractivity contribution in [2.45, 2.75) is 45.6 Å². The second-order valence-corrected chi connectivity index (χ2v) is 9.32. The highest BCUT2D eigenvalue weighted by molar-refractivity contribution is 7.88. The van der Waals surface area contributed by atoms with Gasteiger partial charge in [-0.25, -0.2) is 8.42 Å². The molecule has 0 unspecified atom stereocenters. The number of benzene rings is 2. The van der Waals surface area contributed by atoms with Crippen LogP contribution in [0.1, 0.15) is 42.0 Å². The van der Waals surface area contributed by atoms with E-state index in [1.165, 1.54) is 23.2 Å². The molecule has 0 saturated carbocycles. The van der Waals surface area contributed by atoms with E-state index < -0.39 is 10.0 Å². The summed E-state index contributed by atoms with van der Waals surface area (Å²) in [6.45, 7) is 2.95. The molecule has 5 nitrogen and oxygen atoms in total. The Morgan fingerprint density at radius 2 is 1.41 bits per heavy atom. The molecule has 0 spiro atoms. The number of aryl methyl sites for hydroxylation is 1. The van der Waals surface area contributed by atoms with Gasteiger partial charge in [0, 0.05) is 13.1 Å². The molecule has 0 bridgehead atoms. The molecule has 0 aliphatic rings. The normalized spacial score (nSPS) is 11.6. The quantitative estimate of drug-likeness (QED) is 0.523. The fourth-order valence-corrected chi connectivity index (χ4v) is 3.88. The molecule has 0 amide bonds. The fraction of sp³-hybridized carbons (Fsp3) is 0.435. The third-order valence-corrected chi connectivity index (χ3v) is 6.17. The first kappa shape index (κ1) is 23.1. The van der Waals surface area contributed by atoms with E-state index in [-0.39, 0.29) is 12.4 Å². The second-order valence-electron chi connectivity index (χ2n) is 7.34. The topological polar surface area (TPSA) is 63.7 Å². The molecule has 0 saturated heterocycles. The molecule has 0 N–H and O–H groups in total. The number of hydrogen-bond donors (Lipinski definition) is 0. The number of methoxy groups -OCH3 is 1. The summed E-state index contributed by atoms with van der Waals surface area (Å²) in [6.07, 6.45) is 5.47. The monoisotopic (exact) mass is 417 g/mol. The van der Waals surface area contributed by atoms with Crippen LogP contribution in [0.2, 0.25) is 0 Å². The van der Waals surface area contributed by atoms with Crippen molar-refractivity contribution in [1.82, 2.24) is 4.31 Å². The van der Waals surface area contributed by atoms with Gasteiger partial charge in [-0.3, -0.25) is 4.79 Å². The highest BCUT2D eigenvalue weighted by atomic mass is 32.2. The van der Waals surface area contributed by atoms with Gasteiger partial charge < -0.3 is 4.74 Å². The lowest BCUT2D eigenvalue weighted by Crippen LogP contribution is -2.31. The van der Waals surface area contributed by atoms with Crippen molar-refractivity contribution in [1.29, 1.82) is 0 Å². The van der Waals surface area contributed by atoms with Crippen molar-refractivity contribution in [3.8, 4) is 0 Å². The zero-order valence-corrected chi connectivity index (χ0v) is 18.4. The maximum atomic E-state index is 12.2. The maximum absolute atomic E-state index is 12.2. The van der Waals surface area contributed by atoms with Crippen molar-refractivity contribution < 1.29 is 17.9 Å². The molecule has 2 rings (SSSR count). The fourth-order valence-electron chi connectivity index (χ4n) is 3.07. The molecular formula is C23H31NO4S. The number of rotatable bonds is 11. The highest BCUT2D eigenvalue weighted by Gasteiger charge is 2.17. The van der Waals surface area contributed by atoms with Crippen LogP contribution < -0.4 is 0 Å². The third-order valence-electron chi connectivity index (χ3n) is 4.92. The molecule has 2 aromatic rings. The van der Waals surface area contributed by atoms with Crippen molar-refractivity contribution in [2.75, 3.05) is 19.9 Å². The summed E-state index contributed by atoms with van der Waals surface area (Å²) in [5.41, 5.74) is 4.18. The Balaban J connectivity index is 1.98. The Kier molecular flexibility index (Phi) is 8.86. The van der Waals surface area contributed by atoms with Crippen molar-refractivity contribution in [3.05, 3.63) is 70.8 Å². The van der Waals surface area contributed by atoms with E-state index in [9.17, 15) is 13.2 Å². The Morgan fingerprint density at radius 1 is 0.897 bits per heavy atom. The van der Waals surface area contributed by atoms with Gasteiger partial charge in [0.15, 0.2) is 0 Å². The van der Waals surface area contributed by atoms with E-state index in [4.69, 9.17) is 0 Å². The van der Waals surface area contributed by atoms with Gasteiger partial charge in [0.05, 0.1) is 19.8 Å². The lowest BCUT2D eigenvalue weighted by atomic mass is 10.1. The van der Waals surface area contributed by atoms with Crippen molar-refractivity contribution in [2.24, 2.45) is 0 Å². The van der Waals surface area contributed by atoms with E-state index in [0.717, 1.165) is 36.0 Å². The van der Waals surface area contributed by atoms with Gasteiger partial charge in [0.2, 0.25) is 10.0 Å². The molecule has 0 heterocycles. The summed E-state index contributed by atoms with van der Waals surface area (Å²) < 4.78 is 30.7. The highest BCUT2D eigenvalue weighted by Crippen LogP contribution is 2.14. The van der Waals surface area contributed by atoms with Crippen LogP contribution in [0, 0.1) is 0 Å². The summed E-state index contributed by atoms with van der Waals surface area (Å²) in [4.78, 5) is 11.3. The minimum Gasteiger partial charge on any atom is -0.469 e. The zero-order chi connectivity index (χ0) is 21.3. The lowest BCUT2D eigenvalue weighted by Gasteiger charge is -2.20. The summed E-state index contributed by atoms with van der Waals surface area (Å²) in [7, 11) is -1.94. The Labute approximate surface area is 174 Å². The van der Waals surface area contributed by atoms with Crippen LogP contribution in [-0.2, 0) is 45.4 Å². The van der Waals surface area contributed by atoms with E-state index >= 15 is 0 Å². The molecule has 2 aromatic carbocycles. The molecule has 158 valence electrons. The van der Waals surface area contributed by atoms with Crippen molar-refractivity contribution >= 4 is 16.0 Å². The number of ether oxygens (including phenoxy) is 1. The van der Waals surface area contributed by atoms with Gasteiger partial charge in [-0.2, -0.15) is 4.31 Å². The van der Waals surface area contributed by atoms with Gasteiger partial charge in [-0.05, 0) is 41.5 Å². The summed E-state index contributed by atoms with van der Waals surface area (Å²) in [5.74, 6) is -0.276. The Morgan fingerprint density at radius 3 is 1.93 bits per heavy atom. The molecule has 0 aromatic heterocycles. The molecule has 0 fully saturated rings. The minimum absolute atomic E-state index is 0.237. The van der Waals surface area contributed by atoms with E-state index in [2.05, 4.69) is 23.8 Å². The SMILES string of the molecule is CCCCc1ccc(CN(CCc2ccc(CC(=O)OC)cc2)S(C)(=O)=O)cc1. The van der Waals surface area contributed by atoms with E-state index in [1.807, 2.05) is 36.4 Å². The number of carbonyl (C=O) groups is 1. The first-order valence-corrected chi connectivity index (χ1v) is 11.8. The minimum atomic E-state index is -3.31. The third kappa shape index (κ3) is 7.99. The van der Waals surface area contributed by atoms with Crippen LogP contribution in [0.15, 0.2) is 48.5 Å². The van der Waals surface area contributed by atoms with Crippen LogP contribution in [0.3, 0.4) is 0 Å². The molecule has 0 atom stereocenters. The first-order valence-electron chi connectivity index (χ1n) is 9.99. The first-order chi connectivity index (χ1) is 13.8. The molecule has 0 aliphatic heterocycles. The summed E-state index contributed by atoms with van der Waals surface area (Å²) >= 11 is 0. The number of carbonyl (C=O) groups excluding carboxylic acids is 1. The van der Waals surface area contributed by atoms with Crippen LogP contribution in [-0.4, -0.2) is 38.6 Å². The summed E-state index contributed by atoms with van der Waals surface area (Å²) in [5, 5.41) is 0. The smallest absolute Gasteiger partial charge is 0.309 e. The number of sulfonamides is 1. The number of esters is 1. The number of unbranched alkanes of at least 4 members (excludes halogenated alkanes) is 1. The van der Waals surface area contributed by atoms with Crippen LogP contribution >= 0.6 is 0 Å². The maximum Gasteiger partial charge on any atom is 0.309 e. The van der Waals surface area contributed by atoms with Gasteiger partial charge in [-0.15, -0.1) is 0 Å². The molecule has 0 aliphatic carbocycles. The number of hydrogen-bond acceptors (Lipinski definition) is 4. The predicted molar refractivity (Wildman–Crippen MR) is 116 cm³/mol. The molecule has 0 radical (unpaired) electrons. The van der Waals surface area contributed by atoms with Gasteiger partial charge >= 0.3 is 5.97 Å². The standard InChI is InChI=1S/C23H31NO4S/c1-4-5-6-19-9-13-22(14-10-19)18-24(29(3,26)27)16-15-20-7-11-21(12-8-20)17-23(25)28-2/h7-14H,4-6,15-18H2,1-3H3. The van der Waals surface area contributed by atoms with Crippen LogP contribution in [0.25, 0.3) is 0 Å². The molecule has 6 heteroatoms. The van der Waals surface area contributed by atoms with Crippen molar-refractivity contribution in [3.63, 3.8) is 0 Å². The number of nitrogens with zero attached hydrogens (tertiary/aromatic N) is 1. The van der Waals surface area contributed by atoms with Gasteiger partial charge in [0.1, 0.15) is 0 Å². The Hall–Kier alpha value is -2.18. The molecular weight excluding hydrogens is 386 g/mol. The van der Waals surface area contributed by atoms with E-state index in [0.29, 0.717) is 19.5 Å². The predicted octanol–water partition coefficient (Wildman–Crippen LogP) is 3.75. The Bertz CT molecular complexity index is 874. The average molecular weight is 418 g/mol. The van der Waals surface area contributed by atoms with Crippen LogP contribution in [0.5, 0.6) is 0 Å². The zero-order valence-electron chi connectivity index (χ0n) is 17.6. The molecule has 29 heavy (non-hydrogen) atoms. The second kappa shape index (κ2) is 11.1. The lowest BCUT2D eigenvalue weighted by molar-refractivity contribution is -0.139.